The van der Waals surface area contributed by atoms with Crippen molar-refractivity contribution in [2.24, 2.45) is 5.10 Å². The van der Waals surface area contributed by atoms with Crippen molar-refractivity contribution in [1.82, 2.24) is 9.66 Å². The summed E-state index contributed by atoms with van der Waals surface area (Å²) in [6.45, 7) is 8.76. The summed E-state index contributed by atoms with van der Waals surface area (Å²) in [6, 6.07) is 16.5. The van der Waals surface area contributed by atoms with Crippen LogP contribution in [-0.2, 0) is 0 Å². The summed E-state index contributed by atoms with van der Waals surface area (Å²) in [5.74, 6) is 1.74. The smallest absolute Gasteiger partial charge is 0.282 e. The second kappa shape index (κ2) is 9.97. The molecule has 0 saturated carbocycles. The maximum absolute atomic E-state index is 13.5. The number of aromatic nitrogens is 2. The van der Waals surface area contributed by atoms with E-state index >= 15 is 0 Å². The lowest BCUT2D eigenvalue weighted by molar-refractivity contribution is 0.335. The Morgan fingerprint density at radius 2 is 1.94 bits per heavy atom. The first-order valence-corrected chi connectivity index (χ1v) is 12.2. The largest absolute Gasteiger partial charge is 0.507 e. The Bertz CT molecular complexity index is 1460. The highest BCUT2D eigenvalue weighted by Crippen LogP contribution is 2.34. The first-order valence-electron chi connectivity index (χ1n) is 11.1. The molecule has 1 N–H and O–H groups in total. The predicted octanol–water partition coefficient (Wildman–Crippen LogP) is 6.09. The van der Waals surface area contributed by atoms with E-state index in [2.05, 4.69) is 47.6 Å². The monoisotopic (exact) mass is 567 g/mol. The summed E-state index contributed by atoms with van der Waals surface area (Å²) in [5.41, 5.74) is 3.95. The van der Waals surface area contributed by atoms with Crippen LogP contribution in [0.2, 0.25) is 0 Å². The lowest BCUT2D eigenvalue weighted by atomic mass is 9.96. The molecule has 1 heterocycles. The molecule has 34 heavy (non-hydrogen) atoms. The number of fused-ring (bicyclic) bond motifs is 1. The Labute approximate surface area is 212 Å². The van der Waals surface area contributed by atoms with Crippen molar-refractivity contribution < 1.29 is 9.84 Å². The van der Waals surface area contributed by atoms with Gasteiger partial charge in [0.2, 0.25) is 0 Å². The first kappa shape index (κ1) is 23.9. The van der Waals surface area contributed by atoms with Crippen molar-refractivity contribution in [3.63, 3.8) is 0 Å². The first-order chi connectivity index (χ1) is 16.3. The molecule has 0 spiro atoms. The zero-order chi connectivity index (χ0) is 24.4. The molecular formula is C27H26IN3O3. The molecule has 0 saturated heterocycles. The number of aromatic hydroxyl groups is 1. The van der Waals surface area contributed by atoms with Crippen LogP contribution in [0.25, 0.3) is 22.3 Å². The van der Waals surface area contributed by atoms with E-state index in [4.69, 9.17) is 9.72 Å². The highest BCUT2D eigenvalue weighted by molar-refractivity contribution is 14.1. The highest BCUT2D eigenvalue weighted by atomic mass is 127. The molecule has 0 aliphatic carbocycles. The zero-order valence-electron chi connectivity index (χ0n) is 19.5. The molecule has 0 radical (unpaired) electrons. The van der Waals surface area contributed by atoms with Gasteiger partial charge in [0, 0.05) is 5.56 Å². The molecule has 0 amide bonds. The molecule has 0 fully saturated rings. The van der Waals surface area contributed by atoms with Crippen LogP contribution < -0.4 is 10.3 Å². The Morgan fingerprint density at radius 1 is 1.18 bits per heavy atom. The summed E-state index contributed by atoms with van der Waals surface area (Å²) in [5, 5.41) is 14.9. The minimum atomic E-state index is -0.246. The van der Waals surface area contributed by atoms with Gasteiger partial charge in [0.05, 0.1) is 27.3 Å². The van der Waals surface area contributed by atoms with Crippen molar-refractivity contribution in [3.8, 4) is 22.9 Å². The van der Waals surface area contributed by atoms with Gasteiger partial charge in [0.15, 0.2) is 5.82 Å². The molecule has 7 heteroatoms. The van der Waals surface area contributed by atoms with Gasteiger partial charge in [-0.15, -0.1) is 0 Å². The normalized spacial score (nSPS) is 11.6. The van der Waals surface area contributed by atoms with Crippen LogP contribution in [0, 0.1) is 10.5 Å². The SMILES string of the molecule is CCOc1cc(C)c(-c2nc3ccccc3c(=O)n2N=Cc2ccc(O)c(I)c2)cc1C(C)C. The third kappa shape index (κ3) is 4.70. The fourth-order valence-corrected chi connectivity index (χ4v) is 4.34. The molecule has 0 bridgehead atoms. The molecule has 6 nitrogen and oxygen atoms in total. The second-order valence-corrected chi connectivity index (χ2v) is 9.48. The van der Waals surface area contributed by atoms with E-state index in [1.54, 1.807) is 30.5 Å². The van der Waals surface area contributed by atoms with Crippen molar-refractivity contribution >= 4 is 39.7 Å². The van der Waals surface area contributed by atoms with Crippen molar-refractivity contribution in [3.05, 3.63) is 85.2 Å². The van der Waals surface area contributed by atoms with Crippen LogP contribution in [-0.4, -0.2) is 27.6 Å². The molecule has 4 rings (SSSR count). The summed E-state index contributed by atoms with van der Waals surface area (Å²) in [4.78, 5) is 18.4. The van der Waals surface area contributed by atoms with Gasteiger partial charge in [-0.3, -0.25) is 4.79 Å². The standard InChI is InChI=1S/C27H26IN3O3/c1-5-34-25-12-17(4)21(14-20(25)16(2)3)26-30-23-9-7-6-8-19(23)27(33)31(26)29-15-18-10-11-24(32)22(28)13-18/h6-16,32H,5H2,1-4H3. The van der Waals surface area contributed by atoms with Gasteiger partial charge in [-0.25, -0.2) is 4.98 Å². The summed E-state index contributed by atoms with van der Waals surface area (Å²) >= 11 is 2.06. The molecule has 0 unspecified atom stereocenters. The van der Waals surface area contributed by atoms with Gasteiger partial charge in [-0.05, 0) is 102 Å². The molecule has 1 aromatic heterocycles. The molecule has 174 valence electrons. The number of phenolic OH excluding ortho intramolecular Hbond substituents is 1. The van der Waals surface area contributed by atoms with Gasteiger partial charge in [0.25, 0.3) is 5.56 Å². The van der Waals surface area contributed by atoms with Crippen molar-refractivity contribution in [2.75, 3.05) is 6.61 Å². The molecule has 0 aliphatic rings. The van der Waals surface area contributed by atoms with Gasteiger partial charge in [-0.1, -0.05) is 26.0 Å². The van der Waals surface area contributed by atoms with Crippen LogP contribution >= 0.6 is 22.6 Å². The quantitative estimate of drug-likeness (QED) is 0.226. The summed E-state index contributed by atoms with van der Waals surface area (Å²) in [6.07, 6.45) is 1.61. The summed E-state index contributed by atoms with van der Waals surface area (Å²) < 4.78 is 7.94. The number of halogens is 1. The highest BCUT2D eigenvalue weighted by Gasteiger charge is 2.18. The van der Waals surface area contributed by atoms with Crippen LogP contribution in [0.4, 0.5) is 0 Å². The third-order valence-corrected chi connectivity index (χ3v) is 6.43. The number of ether oxygens (including phenoxy) is 1. The van der Waals surface area contributed by atoms with Crippen molar-refractivity contribution in [2.45, 2.75) is 33.6 Å². The van der Waals surface area contributed by atoms with E-state index in [9.17, 15) is 9.90 Å². The Morgan fingerprint density at radius 3 is 2.65 bits per heavy atom. The number of benzene rings is 3. The molecule has 4 aromatic rings. The fourth-order valence-electron chi connectivity index (χ4n) is 3.80. The van der Waals surface area contributed by atoms with Gasteiger partial charge in [0.1, 0.15) is 11.5 Å². The van der Waals surface area contributed by atoms with E-state index < -0.39 is 0 Å². The maximum Gasteiger partial charge on any atom is 0.282 e. The average Bonchev–Trinajstić information content (AvgIpc) is 2.81. The average molecular weight is 567 g/mol. The Balaban J connectivity index is 1.97. The van der Waals surface area contributed by atoms with E-state index in [0.29, 0.717) is 26.9 Å². The predicted molar refractivity (Wildman–Crippen MR) is 145 cm³/mol. The molecule has 3 aromatic carbocycles. The third-order valence-electron chi connectivity index (χ3n) is 5.57. The number of hydrogen-bond acceptors (Lipinski definition) is 5. The van der Waals surface area contributed by atoms with E-state index in [-0.39, 0.29) is 17.2 Å². The number of rotatable bonds is 6. The number of nitrogens with zero attached hydrogens (tertiary/aromatic N) is 3. The van der Waals surface area contributed by atoms with E-state index in [0.717, 1.165) is 28.0 Å². The molecule has 0 aliphatic heterocycles. The number of para-hydroxylation sites is 1. The van der Waals surface area contributed by atoms with Crippen LogP contribution in [0.3, 0.4) is 0 Å². The second-order valence-electron chi connectivity index (χ2n) is 8.32. The fraction of sp³-hybridized carbons (Fsp3) is 0.222. The minimum absolute atomic E-state index is 0.203. The number of aryl methyl sites for hydroxylation is 1. The maximum atomic E-state index is 13.5. The van der Waals surface area contributed by atoms with Gasteiger partial charge in [-0.2, -0.15) is 9.78 Å². The van der Waals surface area contributed by atoms with Gasteiger partial charge >= 0.3 is 0 Å². The van der Waals surface area contributed by atoms with E-state index in [1.807, 2.05) is 38.1 Å². The number of hydrogen-bond donors (Lipinski definition) is 1. The van der Waals surface area contributed by atoms with Crippen LogP contribution in [0.1, 0.15) is 43.4 Å². The Kier molecular flexibility index (Phi) is 7.02. The zero-order valence-corrected chi connectivity index (χ0v) is 21.7. The molecule has 0 atom stereocenters. The minimum Gasteiger partial charge on any atom is -0.507 e. The summed E-state index contributed by atoms with van der Waals surface area (Å²) in [7, 11) is 0. The van der Waals surface area contributed by atoms with Gasteiger partial charge < -0.3 is 9.84 Å². The lowest BCUT2D eigenvalue weighted by Crippen LogP contribution is -2.20. The van der Waals surface area contributed by atoms with Crippen LogP contribution in [0.5, 0.6) is 11.5 Å². The van der Waals surface area contributed by atoms with Crippen molar-refractivity contribution in [1.29, 1.82) is 0 Å². The molecular weight excluding hydrogens is 541 g/mol. The Hall–Kier alpha value is -3.20. The lowest BCUT2D eigenvalue weighted by Gasteiger charge is -2.18. The number of phenols is 1. The van der Waals surface area contributed by atoms with Crippen LogP contribution in [0.15, 0.2) is 64.5 Å². The topological polar surface area (TPSA) is 76.7 Å². The van der Waals surface area contributed by atoms with E-state index in [1.165, 1.54) is 4.68 Å².